The van der Waals surface area contributed by atoms with Crippen molar-refractivity contribution in [2.75, 3.05) is 6.54 Å². The molecule has 0 amide bonds. The Labute approximate surface area is 104 Å². The predicted octanol–water partition coefficient (Wildman–Crippen LogP) is 3.10. The van der Waals surface area contributed by atoms with Crippen molar-refractivity contribution < 1.29 is 5.11 Å². The van der Waals surface area contributed by atoms with Crippen LogP contribution in [-0.4, -0.2) is 17.7 Å². The first-order valence-electron chi connectivity index (χ1n) is 6.65. The van der Waals surface area contributed by atoms with E-state index in [1.54, 1.807) is 12.1 Å². The van der Waals surface area contributed by atoms with E-state index in [1.165, 1.54) is 24.8 Å². The van der Waals surface area contributed by atoms with Crippen LogP contribution < -0.4 is 5.32 Å². The molecule has 0 aliphatic heterocycles. The second kappa shape index (κ2) is 5.09. The molecular formula is C15H23NO. The summed E-state index contributed by atoms with van der Waals surface area (Å²) in [5, 5.41) is 12.9. The molecule has 1 unspecified atom stereocenters. The first kappa shape index (κ1) is 12.4. The van der Waals surface area contributed by atoms with Gasteiger partial charge in [0.15, 0.2) is 0 Å². The maximum absolute atomic E-state index is 9.23. The fraction of sp³-hybridized carbons (Fsp3) is 0.600. The molecule has 1 atom stereocenters. The Kier molecular flexibility index (Phi) is 3.72. The van der Waals surface area contributed by atoms with Gasteiger partial charge in [0, 0.05) is 12.6 Å². The van der Waals surface area contributed by atoms with Crippen LogP contribution in [0.1, 0.15) is 38.7 Å². The summed E-state index contributed by atoms with van der Waals surface area (Å²) in [5.74, 6) is 0.345. The summed E-state index contributed by atoms with van der Waals surface area (Å²) in [6.45, 7) is 5.68. The Hall–Kier alpha value is -1.02. The van der Waals surface area contributed by atoms with E-state index < -0.39 is 0 Å². The first-order valence-corrected chi connectivity index (χ1v) is 6.65. The number of hydrogen-bond acceptors (Lipinski definition) is 2. The zero-order chi connectivity index (χ0) is 12.3. The Morgan fingerprint density at radius 3 is 2.47 bits per heavy atom. The number of benzene rings is 1. The van der Waals surface area contributed by atoms with Gasteiger partial charge in [-0.05, 0) is 55.7 Å². The average Bonchev–Trinajstić information content (AvgIpc) is 3.10. The largest absolute Gasteiger partial charge is 0.508 e. The van der Waals surface area contributed by atoms with Crippen LogP contribution in [0.4, 0.5) is 0 Å². The van der Waals surface area contributed by atoms with Crippen LogP contribution in [0.3, 0.4) is 0 Å². The summed E-state index contributed by atoms with van der Waals surface area (Å²) in [6, 6.07) is 8.02. The highest BCUT2D eigenvalue weighted by atomic mass is 16.3. The molecule has 17 heavy (non-hydrogen) atoms. The van der Waals surface area contributed by atoms with Crippen molar-refractivity contribution in [3.8, 4) is 5.75 Å². The van der Waals surface area contributed by atoms with E-state index in [0.29, 0.717) is 17.2 Å². The highest BCUT2D eigenvalue weighted by Gasteiger charge is 2.40. The van der Waals surface area contributed by atoms with Gasteiger partial charge in [0.05, 0.1) is 0 Å². The molecule has 0 aromatic heterocycles. The van der Waals surface area contributed by atoms with Crippen molar-refractivity contribution in [3.05, 3.63) is 29.8 Å². The number of hydrogen-bond donors (Lipinski definition) is 2. The summed E-state index contributed by atoms with van der Waals surface area (Å²) in [7, 11) is 0. The lowest BCUT2D eigenvalue weighted by Gasteiger charge is -2.19. The fourth-order valence-corrected chi connectivity index (χ4v) is 2.28. The topological polar surface area (TPSA) is 32.3 Å². The van der Waals surface area contributed by atoms with Crippen molar-refractivity contribution in [1.29, 1.82) is 0 Å². The van der Waals surface area contributed by atoms with Gasteiger partial charge in [-0.3, -0.25) is 0 Å². The molecular weight excluding hydrogens is 210 g/mol. The SMILES string of the molecule is CCC1(CNC(C)Cc2ccc(O)cc2)CC1. The van der Waals surface area contributed by atoms with Crippen LogP contribution in [-0.2, 0) is 6.42 Å². The lowest BCUT2D eigenvalue weighted by molar-refractivity contribution is 0.409. The number of phenolic OH excluding ortho intramolecular Hbond substituents is 1. The molecule has 2 heteroatoms. The molecule has 0 radical (unpaired) electrons. The van der Waals surface area contributed by atoms with Crippen molar-refractivity contribution in [2.45, 2.75) is 45.6 Å². The van der Waals surface area contributed by atoms with Crippen molar-refractivity contribution >= 4 is 0 Å². The second-order valence-electron chi connectivity index (χ2n) is 5.51. The maximum Gasteiger partial charge on any atom is 0.115 e. The van der Waals surface area contributed by atoms with E-state index in [2.05, 4.69) is 19.2 Å². The summed E-state index contributed by atoms with van der Waals surface area (Å²) in [5.41, 5.74) is 1.90. The zero-order valence-corrected chi connectivity index (χ0v) is 10.9. The van der Waals surface area contributed by atoms with Crippen LogP contribution in [0.5, 0.6) is 5.75 Å². The molecule has 1 aromatic rings. The van der Waals surface area contributed by atoms with Gasteiger partial charge in [0.1, 0.15) is 5.75 Å². The molecule has 0 heterocycles. The second-order valence-corrected chi connectivity index (χ2v) is 5.51. The number of aromatic hydroxyl groups is 1. The Morgan fingerprint density at radius 1 is 1.29 bits per heavy atom. The summed E-state index contributed by atoms with van der Waals surface area (Å²) in [4.78, 5) is 0. The smallest absolute Gasteiger partial charge is 0.115 e. The predicted molar refractivity (Wildman–Crippen MR) is 71.2 cm³/mol. The van der Waals surface area contributed by atoms with Gasteiger partial charge < -0.3 is 10.4 Å². The number of phenols is 1. The van der Waals surface area contributed by atoms with Crippen molar-refractivity contribution in [2.24, 2.45) is 5.41 Å². The Balaban J connectivity index is 1.77. The van der Waals surface area contributed by atoms with Gasteiger partial charge in [0.25, 0.3) is 0 Å². The number of rotatable bonds is 6. The molecule has 94 valence electrons. The summed E-state index contributed by atoms with van der Waals surface area (Å²) >= 11 is 0. The zero-order valence-electron chi connectivity index (χ0n) is 10.9. The van der Waals surface area contributed by atoms with Gasteiger partial charge in [-0.15, -0.1) is 0 Å². The molecule has 1 aliphatic carbocycles. The highest BCUT2D eigenvalue weighted by Crippen LogP contribution is 2.47. The fourth-order valence-electron chi connectivity index (χ4n) is 2.28. The monoisotopic (exact) mass is 233 g/mol. The van der Waals surface area contributed by atoms with Crippen LogP contribution in [0.2, 0.25) is 0 Å². The normalized spacial score (nSPS) is 18.9. The minimum Gasteiger partial charge on any atom is -0.508 e. The molecule has 0 bridgehead atoms. The molecule has 1 saturated carbocycles. The Bertz CT molecular complexity index is 354. The maximum atomic E-state index is 9.23. The molecule has 2 nitrogen and oxygen atoms in total. The van der Waals surface area contributed by atoms with Crippen LogP contribution in [0, 0.1) is 5.41 Å². The van der Waals surface area contributed by atoms with E-state index in [4.69, 9.17) is 0 Å². The third-order valence-electron chi connectivity index (χ3n) is 4.01. The highest BCUT2D eigenvalue weighted by molar-refractivity contribution is 5.26. The minimum atomic E-state index is 0.345. The van der Waals surface area contributed by atoms with Crippen molar-refractivity contribution in [3.63, 3.8) is 0 Å². The van der Waals surface area contributed by atoms with Crippen molar-refractivity contribution in [1.82, 2.24) is 5.32 Å². The minimum absolute atomic E-state index is 0.345. The third-order valence-corrected chi connectivity index (χ3v) is 4.01. The summed E-state index contributed by atoms with van der Waals surface area (Å²) < 4.78 is 0. The van der Waals surface area contributed by atoms with E-state index in [9.17, 15) is 5.11 Å². The van der Waals surface area contributed by atoms with Crippen LogP contribution >= 0.6 is 0 Å². The lowest BCUT2D eigenvalue weighted by Crippen LogP contribution is -2.33. The lowest BCUT2D eigenvalue weighted by atomic mass is 10.0. The van der Waals surface area contributed by atoms with Gasteiger partial charge in [-0.1, -0.05) is 19.1 Å². The molecule has 2 N–H and O–H groups in total. The number of nitrogens with one attached hydrogen (secondary N) is 1. The van der Waals surface area contributed by atoms with Gasteiger partial charge in [-0.25, -0.2) is 0 Å². The van der Waals surface area contributed by atoms with Crippen LogP contribution in [0.25, 0.3) is 0 Å². The quantitative estimate of drug-likeness (QED) is 0.791. The van der Waals surface area contributed by atoms with Gasteiger partial charge in [-0.2, -0.15) is 0 Å². The Morgan fingerprint density at radius 2 is 1.94 bits per heavy atom. The standard InChI is InChI=1S/C15H23NO/c1-3-15(8-9-15)11-16-12(2)10-13-4-6-14(17)7-5-13/h4-7,12,16-17H,3,8-11H2,1-2H3. The molecule has 2 rings (SSSR count). The summed E-state index contributed by atoms with van der Waals surface area (Å²) in [6.07, 6.45) is 5.11. The van der Waals surface area contributed by atoms with E-state index in [0.717, 1.165) is 13.0 Å². The van der Waals surface area contributed by atoms with E-state index in [1.807, 2.05) is 12.1 Å². The van der Waals surface area contributed by atoms with Gasteiger partial charge in [0.2, 0.25) is 0 Å². The van der Waals surface area contributed by atoms with E-state index in [-0.39, 0.29) is 0 Å². The third kappa shape index (κ3) is 3.47. The molecule has 1 aliphatic rings. The van der Waals surface area contributed by atoms with Gasteiger partial charge >= 0.3 is 0 Å². The van der Waals surface area contributed by atoms with Crippen LogP contribution in [0.15, 0.2) is 24.3 Å². The molecule has 1 aromatic carbocycles. The molecule has 0 spiro atoms. The van der Waals surface area contributed by atoms with E-state index >= 15 is 0 Å². The molecule has 0 saturated heterocycles. The molecule has 1 fully saturated rings. The average molecular weight is 233 g/mol. The first-order chi connectivity index (χ1) is 8.13.